The lowest BCUT2D eigenvalue weighted by Gasteiger charge is -2.21. The number of allylic oxidation sites excluding steroid dienone is 5. The zero-order valence-corrected chi connectivity index (χ0v) is 13.2. The molecule has 4 rings (SSSR count). The topological polar surface area (TPSA) is 89.8 Å². The van der Waals surface area contributed by atoms with Crippen molar-refractivity contribution in [3.63, 3.8) is 0 Å². The lowest BCUT2D eigenvalue weighted by atomic mass is 9.84. The van der Waals surface area contributed by atoms with Crippen LogP contribution in [0.2, 0.25) is 0 Å². The molecule has 1 aromatic heterocycles. The maximum Gasteiger partial charge on any atom is 0.221 e. The number of hydrogen-bond acceptors (Lipinski definition) is 5. The zero-order valence-electron chi connectivity index (χ0n) is 13.2. The van der Waals surface area contributed by atoms with Crippen molar-refractivity contribution in [2.75, 3.05) is 16.8 Å². The number of nitrogens with two attached hydrogens (primary N) is 2. The first-order chi connectivity index (χ1) is 11.7. The molecule has 0 spiro atoms. The molecule has 0 saturated heterocycles. The monoisotopic (exact) mass is 317 g/mol. The van der Waals surface area contributed by atoms with Gasteiger partial charge in [0.05, 0.1) is 0 Å². The Morgan fingerprint density at radius 1 is 1.21 bits per heavy atom. The second kappa shape index (κ2) is 5.85. The number of rotatable bonds is 2. The number of para-hydroxylation sites is 1. The molecular weight excluding hydrogens is 298 g/mol. The predicted octanol–water partition coefficient (Wildman–Crippen LogP) is 3.15. The van der Waals surface area contributed by atoms with Gasteiger partial charge in [0.2, 0.25) is 5.95 Å². The van der Waals surface area contributed by atoms with E-state index in [2.05, 4.69) is 51.7 Å². The van der Waals surface area contributed by atoms with Gasteiger partial charge in [0.15, 0.2) is 0 Å². The predicted molar refractivity (Wildman–Crippen MR) is 97.9 cm³/mol. The van der Waals surface area contributed by atoms with Gasteiger partial charge in [-0.2, -0.15) is 4.98 Å². The van der Waals surface area contributed by atoms with Gasteiger partial charge in [-0.3, -0.25) is 0 Å². The van der Waals surface area contributed by atoms with E-state index in [1.54, 1.807) is 6.20 Å². The van der Waals surface area contributed by atoms with Gasteiger partial charge in [-0.05, 0) is 42.0 Å². The Labute approximate surface area is 140 Å². The Kier molecular flexibility index (Phi) is 3.54. The van der Waals surface area contributed by atoms with Crippen LogP contribution in [-0.4, -0.2) is 9.97 Å². The molecule has 24 heavy (non-hydrogen) atoms. The third-order valence-corrected chi connectivity index (χ3v) is 4.47. The number of fused-ring (bicyclic) bond motifs is 3. The summed E-state index contributed by atoms with van der Waals surface area (Å²) in [6.45, 7) is 0. The van der Waals surface area contributed by atoms with E-state index >= 15 is 0 Å². The van der Waals surface area contributed by atoms with E-state index in [9.17, 15) is 0 Å². The van der Waals surface area contributed by atoms with Crippen LogP contribution in [0, 0.1) is 5.92 Å². The number of aromatic nitrogens is 2. The third-order valence-electron chi connectivity index (χ3n) is 4.47. The fraction of sp³-hybridized carbons (Fsp3) is 0.158. The number of benzene rings is 1. The quantitative estimate of drug-likeness (QED) is 0.791. The van der Waals surface area contributed by atoms with Crippen molar-refractivity contribution in [2.45, 2.75) is 12.8 Å². The molecule has 5 heteroatoms. The van der Waals surface area contributed by atoms with Gasteiger partial charge >= 0.3 is 0 Å². The molecule has 2 aliphatic rings. The smallest absolute Gasteiger partial charge is 0.221 e. The Balaban J connectivity index is 1.62. The van der Waals surface area contributed by atoms with Crippen LogP contribution in [0.3, 0.4) is 0 Å². The summed E-state index contributed by atoms with van der Waals surface area (Å²) >= 11 is 0. The molecule has 1 unspecified atom stereocenters. The summed E-state index contributed by atoms with van der Waals surface area (Å²) in [5, 5.41) is 3.35. The van der Waals surface area contributed by atoms with Crippen molar-refractivity contribution < 1.29 is 0 Å². The lowest BCUT2D eigenvalue weighted by Crippen LogP contribution is -2.10. The van der Waals surface area contributed by atoms with E-state index in [1.807, 2.05) is 12.3 Å². The zero-order chi connectivity index (χ0) is 16.5. The van der Waals surface area contributed by atoms with Crippen LogP contribution in [-0.2, 0) is 6.42 Å². The molecular formula is C19H19N5. The van der Waals surface area contributed by atoms with E-state index in [1.165, 1.54) is 16.7 Å². The molecule has 5 nitrogen and oxygen atoms in total. The summed E-state index contributed by atoms with van der Waals surface area (Å²) in [6.07, 6.45) is 12.2. The van der Waals surface area contributed by atoms with Gasteiger partial charge in [0.1, 0.15) is 5.82 Å². The first-order valence-corrected chi connectivity index (χ1v) is 8.02. The minimum atomic E-state index is 0.217. The maximum absolute atomic E-state index is 5.97. The van der Waals surface area contributed by atoms with Gasteiger partial charge in [-0.25, -0.2) is 4.98 Å². The van der Waals surface area contributed by atoms with Crippen molar-refractivity contribution in [2.24, 2.45) is 5.92 Å². The highest BCUT2D eigenvalue weighted by atomic mass is 15.0. The Bertz CT molecular complexity index is 879. The van der Waals surface area contributed by atoms with Gasteiger partial charge in [-0.15, -0.1) is 0 Å². The standard InChI is InChI=1S/C19H19N5/c20-18-14(11-23-19(21)24-18)10-12-5-6-15-13(9-12)7-8-22-17-4-2-1-3-16(15)17/h1-4,6-9,11-12,22H,5,10H2,(H4,20,21,23,24). The Morgan fingerprint density at radius 2 is 2.08 bits per heavy atom. The number of nitrogen functional groups attached to an aromatic ring is 2. The SMILES string of the molecule is Nc1ncc(CC2C=C3C=CNc4ccccc4C3=CC2)c(N)n1. The molecule has 0 amide bonds. The van der Waals surface area contributed by atoms with Crippen LogP contribution >= 0.6 is 0 Å². The van der Waals surface area contributed by atoms with Crippen LogP contribution < -0.4 is 16.8 Å². The van der Waals surface area contributed by atoms with Crippen molar-refractivity contribution in [1.29, 1.82) is 0 Å². The van der Waals surface area contributed by atoms with Gasteiger partial charge in [-0.1, -0.05) is 30.4 Å². The van der Waals surface area contributed by atoms with E-state index in [-0.39, 0.29) is 5.95 Å². The molecule has 1 atom stereocenters. The summed E-state index contributed by atoms with van der Waals surface area (Å²) in [7, 11) is 0. The number of anilines is 3. The minimum Gasteiger partial charge on any atom is -0.383 e. The molecule has 1 aliphatic heterocycles. The molecule has 1 aromatic carbocycles. The molecule has 0 saturated carbocycles. The normalized spacial score (nSPS) is 18.6. The van der Waals surface area contributed by atoms with Crippen LogP contribution in [0.15, 0.2) is 60.5 Å². The van der Waals surface area contributed by atoms with Crippen molar-refractivity contribution >= 4 is 23.0 Å². The molecule has 1 aliphatic carbocycles. The largest absolute Gasteiger partial charge is 0.383 e. The highest BCUT2D eigenvalue weighted by Gasteiger charge is 2.20. The van der Waals surface area contributed by atoms with Crippen LogP contribution in [0.1, 0.15) is 17.5 Å². The van der Waals surface area contributed by atoms with E-state index in [4.69, 9.17) is 11.5 Å². The third kappa shape index (κ3) is 2.65. The minimum absolute atomic E-state index is 0.217. The summed E-state index contributed by atoms with van der Waals surface area (Å²) in [5.74, 6) is 1.06. The molecule has 2 aromatic rings. The summed E-state index contributed by atoms with van der Waals surface area (Å²) < 4.78 is 0. The van der Waals surface area contributed by atoms with E-state index in [0.717, 1.165) is 24.1 Å². The molecule has 2 heterocycles. The number of nitrogens with zero attached hydrogens (tertiary/aromatic N) is 2. The summed E-state index contributed by atoms with van der Waals surface area (Å²) in [6, 6.07) is 8.37. The average molecular weight is 317 g/mol. The van der Waals surface area contributed by atoms with Gasteiger partial charge in [0, 0.05) is 29.2 Å². The van der Waals surface area contributed by atoms with Crippen LogP contribution in [0.5, 0.6) is 0 Å². The van der Waals surface area contributed by atoms with Crippen molar-refractivity contribution in [1.82, 2.24) is 9.97 Å². The average Bonchev–Trinajstić information content (AvgIpc) is 2.76. The molecule has 0 fully saturated rings. The molecule has 120 valence electrons. The first kappa shape index (κ1) is 14.5. The molecule has 0 radical (unpaired) electrons. The Morgan fingerprint density at radius 3 is 2.96 bits per heavy atom. The fourth-order valence-corrected chi connectivity index (χ4v) is 3.29. The lowest BCUT2D eigenvalue weighted by molar-refractivity contribution is 0.650. The van der Waals surface area contributed by atoms with Gasteiger partial charge < -0.3 is 16.8 Å². The Hall–Kier alpha value is -3.08. The van der Waals surface area contributed by atoms with E-state index in [0.29, 0.717) is 11.7 Å². The summed E-state index contributed by atoms with van der Waals surface area (Å²) in [5.41, 5.74) is 17.4. The molecule has 0 bridgehead atoms. The first-order valence-electron chi connectivity index (χ1n) is 8.02. The highest BCUT2D eigenvalue weighted by molar-refractivity contribution is 5.90. The molecule has 5 N–H and O–H groups in total. The van der Waals surface area contributed by atoms with E-state index < -0.39 is 0 Å². The van der Waals surface area contributed by atoms with Crippen LogP contribution in [0.25, 0.3) is 5.57 Å². The number of hydrogen-bond donors (Lipinski definition) is 3. The van der Waals surface area contributed by atoms with Crippen molar-refractivity contribution in [3.05, 3.63) is 71.6 Å². The highest BCUT2D eigenvalue weighted by Crippen LogP contribution is 2.37. The number of nitrogens with one attached hydrogen (secondary N) is 1. The fourth-order valence-electron chi connectivity index (χ4n) is 3.29. The summed E-state index contributed by atoms with van der Waals surface area (Å²) in [4.78, 5) is 8.11. The maximum atomic E-state index is 5.97. The second-order valence-electron chi connectivity index (χ2n) is 6.10. The second-order valence-corrected chi connectivity index (χ2v) is 6.10. The van der Waals surface area contributed by atoms with Crippen LogP contribution in [0.4, 0.5) is 17.5 Å². The van der Waals surface area contributed by atoms with Crippen molar-refractivity contribution in [3.8, 4) is 0 Å². The van der Waals surface area contributed by atoms with Gasteiger partial charge in [0.25, 0.3) is 0 Å².